The molecule has 0 saturated heterocycles. The van der Waals surface area contributed by atoms with Crippen LogP contribution in [0.15, 0.2) is 0 Å². The molecule has 1 unspecified atom stereocenters. The second-order valence-corrected chi connectivity index (χ2v) is 3.42. The van der Waals surface area contributed by atoms with Crippen LogP contribution in [0.1, 0.15) is 39.5 Å². The molecule has 0 aliphatic rings. The first-order valence-electron chi connectivity index (χ1n) is 5.06. The van der Waals surface area contributed by atoms with Gasteiger partial charge in [0.15, 0.2) is 0 Å². The van der Waals surface area contributed by atoms with Crippen LogP contribution in [0.4, 0.5) is 0 Å². The number of rotatable bonds is 7. The van der Waals surface area contributed by atoms with Gasteiger partial charge in [0, 0.05) is 0 Å². The van der Waals surface area contributed by atoms with E-state index in [0.717, 1.165) is 32.2 Å². The number of carboxylic acid groups (broad SMARTS) is 1. The van der Waals surface area contributed by atoms with Gasteiger partial charge < -0.3 is 5.11 Å². The fourth-order valence-corrected chi connectivity index (χ4v) is 1.34. The van der Waals surface area contributed by atoms with Crippen LogP contribution in [0, 0.1) is 0 Å². The normalized spacial score (nSPS) is 13.2. The fraction of sp³-hybridized carbons (Fsp3) is 0.900. The second-order valence-electron chi connectivity index (χ2n) is 3.42. The minimum atomic E-state index is -0.694. The zero-order chi connectivity index (χ0) is 10.3. The average molecular weight is 187 g/mol. The molecule has 0 bridgehead atoms. The smallest absolute Gasteiger partial charge is 0.320 e. The standard InChI is InChI=1S/C10H21NO2/c1-4-6-7-8-9(10(12)13)11(3)5-2/h9H,4-8H2,1-3H3,(H,12,13). The van der Waals surface area contributed by atoms with Crippen LogP contribution in [0.3, 0.4) is 0 Å². The molecule has 0 amide bonds. The Labute approximate surface area is 80.7 Å². The summed E-state index contributed by atoms with van der Waals surface area (Å²) >= 11 is 0. The summed E-state index contributed by atoms with van der Waals surface area (Å²) < 4.78 is 0. The Morgan fingerprint density at radius 1 is 1.38 bits per heavy atom. The molecule has 0 saturated carbocycles. The molecule has 0 spiro atoms. The van der Waals surface area contributed by atoms with Gasteiger partial charge in [-0.25, -0.2) is 0 Å². The van der Waals surface area contributed by atoms with Gasteiger partial charge >= 0.3 is 5.97 Å². The Kier molecular flexibility index (Phi) is 6.59. The summed E-state index contributed by atoms with van der Waals surface area (Å²) in [6, 6.07) is -0.295. The molecule has 3 nitrogen and oxygen atoms in total. The van der Waals surface area contributed by atoms with Crippen LogP contribution in [0.25, 0.3) is 0 Å². The summed E-state index contributed by atoms with van der Waals surface area (Å²) in [6.07, 6.45) is 4.05. The topological polar surface area (TPSA) is 40.5 Å². The maximum absolute atomic E-state index is 10.9. The quantitative estimate of drug-likeness (QED) is 0.619. The minimum Gasteiger partial charge on any atom is -0.480 e. The molecule has 0 aromatic carbocycles. The summed E-state index contributed by atoms with van der Waals surface area (Å²) in [4.78, 5) is 12.7. The lowest BCUT2D eigenvalue weighted by Gasteiger charge is -2.22. The van der Waals surface area contributed by atoms with E-state index in [2.05, 4.69) is 6.92 Å². The maximum Gasteiger partial charge on any atom is 0.320 e. The summed E-state index contributed by atoms with van der Waals surface area (Å²) in [5, 5.41) is 8.93. The van der Waals surface area contributed by atoms with Crippen molar-refractivity contribution in [2.24, 2.45) is 0 Å². The number of hydrogen-bond acceptors (Lipinski definition) is 2. The van der Waals surface area contributed by atoms with Crippen LogP contribution >= 0.6 is 0 Å². The highest BCUT2D eigenvalue weighted by Gasteiger charge is 2.20. The van der Waals surface area contributed by atoms with E-state index in [4.69, 9.17) is 5.11 Å². The largest absolute Gasteiger partial charge is 0.480 e. The van der Waals surface area contributed by atoms with E-state index in [1.165, 1.54) is 0 Å². The lowest BCUT2D eigenvalue weighted by Crippen LogP contribution is -2.38. The predicted octanol–water partition coefficient (Wildman–Crippen LogP) is 1.97. The Bertz CT molecular complexity index is 148. The molecule has 0 aliphatic heterocycles. The molecule has 78 valence electrons. The molecular formula is C10H21NO2. The Balaban J connectivity index is 3.88. The molecule has 0 aliphatic carbocycles. The lowest BCUT2D eigenvalue weighted by atomic mass is 10.1. The van der Waals surface area contributed by atoms with Crippen molar-refractivity contribution in [1.29, 1.82) is 0 Å². The van der Waals surface area contributed by atoms with Gasteiger partial charge in [-0.1, -0.05) is 33.1 Å². The van der Waals surface area contributed by atoms with Crippen molar-refractivity contribution in [1.82, 2.24) is 4.90 Å². The van der Waals surface area contributed by atoms with E-state index in [-0.39, 0.29) is 6.04 Å². The van der Waals surface area contributed by atoms with Crippen molar-refractivity contribution in [3.05, 3.63) is 0 Å². The van der Waals surface area contributed by atoms with Gasteiger partial charge in [0.05, 0.1) is 0 Å². The van der Waals surface area contributed by atoms with E-state index in [1.54, 1.807) is 0 Å². The summed E-state index contributed by atoms with van der Waals surface area (Å²) in [7, 11) is 1.87. The zero-order valence-corrected chi connectivity index (χ0v) is 8.92. The van der Waals surface area contributed by atoms with Crippen LogP contribution < -0.4 is 0 Å². The van der Waals surface area contributed by atoms with E-state index < -0.39 is 5.97 Å². The number of hydrogen-bond donors (Lipinski definition) is 1. The van der Waals surface area contributed by atoms with E-state index in [9.17, 15) is 4.79 Å². The van der Waals surface area contributed by atoms with Crippen LogP contribution in [0.5, 0.6) is 0 Å². The first kappa shape index (κ1) is 12.4. The predicted molar refractivity (Wildman–Crippen MR) is 53.9 cm³/mol. The fourth-order valence-electron chi connectivity index (χ4n) is 1.34. The van der Waals surface area contributed by atoms with E-state index in [1.807, 2.05) is 18.9 Å². The SMILES string of the molecule is CCCCCC(C(=O)O)N(C)CC. The average Bonchev–Trinajstić information content (AvgIpc) is 2.11. The van der Waals surface area contributed by atoms with Crippen molar-refractivity contribution in [3.63, 3.8) is 0 Å². The molecular weight excluding hydrogens is 166 g/mol. The Hall–Kier alpha value is -0.570. The number of carboxylic acids is 1. The highest BCUT2D eigenvalue weighted by atomic mass is 16.4. The monoisotopic (exact) mass is 187 g/mol. The molecule has 0 aromatic rings. The summed E-state index contributed by atoms with van der Waals surface area (Å²) in [5.74, 6) is -0.694. The zero-order valence-electron chi connectivity index (χ0n) is 8.92. The van der Waals surface area contributed by atoms with Crippen molar-refractivity contribution in [2.75, 3.05) is 13.6 Å². The molecule has 13 heavy (non-hydrogen) atoms. The number of unbranched alkanes of at least 4 members (excludes halogenated alkanes) is 2. The molecule has 3 heteroatoms. The van der Waals surface area contributed by atoms with Gasteiger partial charge in [-0.2, -0.15) is 0 Å². The molecule has 0 heterocycles. The summed E-state index contributed by atoms with van der Waals surface area (Å²) in [5.41, 5.74) is 0. The number of likely N-dealkylation sites (N-methyl/N-ethyl adjacent to an activating group) is 1. The number of carbonyl (C=O) groups is 1. The van der Waals surface area contributed by atoms with Gasteiger partial charge in [0.25, 0.3) is 0 Å². The Morgan fingerprint density at radius 3 is 2.38 bits per heavy atom. The lowest BCUT2D eigenvalue weighted by molar-refractivity contribution is -0.143. The highest BCUT2D eigenvalue weighted by Crippen LogP contribution is 2.08. The molecule has 0 fully saturated rings. The van der Waals surface area contributed by atoms with Crippen molar-refractivity contribution in [3.8, 4) is 0 Å². The van der Waals surface area contributed by atoms with E-state index in [0.29, 0.717) is 0 Å². The summed E-state index contributed by atoms with van der Waals surface area (Å²) in [6.45, 7) is 4.90. The van der Waals surface area contributed by atoms with Gasteiger partial charge in [-0.3, -0.25) is 9.69 Å². The first-order valence-corrected chi connectivity index (χ1v) is 5.06. The van der Waals surface area contributed by atoms with Gasteiger partial charge in [0.2, 0.25) is 0 Å². The third kappa shape index (κ3) is 4.88. The van der Waals surface area contributed by atoms with Crippen LogP contribution in [0.2, 0.25) is 0 Å². The molecule has 0 aromatic heterocycles. The van der Waals surface area contributed by atoms with E-state index >= 15 is 0 Å². The second kappa shape index (κ2) is 6.89. The number of nitrogens with zero attached hydrogens (tertiary/aromatic N) is 1. The first-order chi connectivity index (χ1) is 6.13. The number of aliphatic carboxylic acids is 1. The van der Waals surface area contributed by atoms with Gasteiger partial charge in [-0.15, -0.1) is 0 Å². The van der Waals surface area contributed by atoms with Crippen molar-refractivity contribution in [2.45, 2.75) is 45.6 Å². The Morgan fingerprint density at radius 2 is 2.00 bits per heavy atom. The molecule has 1 N–H and O–H groups in total. The van der Waals surface area contributed by atoms with Gasteiger partial charge in [0.1, 0.15) is 6.04 Å². The molecule has 1 atom stereocenters. The van der Waals surface area contributed by atoms with Crippen LogP contribution in [-0.2, 0) is 4.79 Å². The maximum atomic E-state index is 10.9. The third-order valence-electron chi connectivity index (χ3n) is 2.40. The third-order valence-corrected chi connectivity index (χ3v) is 2.40. The van der Waals surface area contributed by atoms with Crippen LogP contribution in [-0.4, -0.2) is 35.6 Å². The van der Waals surface area contributed by atoms with Crippen molar-refractivity contribution < 1.29 is 9.90 Å². The minimum absolute atomic E-state index is 0.295. The molecule has 0 radical (unpaired) electrons. The highest BCUT2D eigenvalue weighted by molar-refractivity contribution is 5.73. The van der Waals surface area contributed by atoms with Crippen molar-refractivity contribution >= 4 is 5.97 Å². The molecule has 0 rings (SSSR count). The van der Waals surface area contributed by atoms with Gasteiger partial charge in [-0.05, 0) is 20.0 Å².